The number of nitrogens with one attached hydrogen (secondary N) is 3. The van der Waals surface area contributed by atoms with E-state index in [0.29, 0.717) is 6.04 Å². The Labute approximate surface area is 105 Å². The van der Waals surface area contributed by atoms with Crippen LogP contribution in [-0.4, -0.2) is 29.3 Å². The van der Waals surface area contributed by atoms with E-state index in [0.717, 1.165) is 38.9 Å². The van der Waals surface area contributed by atoms with Crippen molar-refractivity contribution < 1.29 is 0 Å². The van der Waals surface area contributed by atoms with Crippen LogP contribution in [0.4, 0.5) is 0 Å². The molecule has 0 bridgehead atoms. The van der Waals surface area contributed by atoms with Gasteiger partial charge in [0.25, 0.3) is 0 Å². The molecule has 1 aromatic heterocycles. The maximum Gasteiger partial charge on any atom is 0.0625 e. The van der Waals surface area contributed by atoms with Gasteiger partial charge < -0.3 is 10.6 Å². The Hall–Kier alpha value is -0.870. The zero-order chi connectivity index (χ0) is 12.5. The van der Waals surface area contributed by atoms with Gasteiger partial charge in [-0.25, -0.2) is 0 Å². The predicted octanol–water partition coefficient (Wildman–Crippen LogP) is 1.84. The summed E-state index contributed by atoms with van der Waals surface area (Å²) in [5.41, 5.74) is 2.36. The molecule has 0 saturated carbocycles. The van der Waals surface area contributed by atoms with Crippen LogP contribution < -0.4 is 10.6 Å². The SMILES string of the molecule is CCCc1cc(CNCCCNC(C)C)[nH]n1. The first kappa shape index (κ1) is 14.2. The molecule has 1 heterocycles. The van der Waals surface area contributed by atoms with Gasteiger partial charge >= 0.3 is 0 Å². The fourth-order valence-corrected chi connectivity index (χ4v) is 1.71. The summed E-state index contributed by atoms with van der Waals surface area (Å²) in [6.07, 6.45) is 3.38. The summed E-state index contributed by atoms with van der Waals surface area (Å²) in [5.74, 6) is 0. The van der Waals surface area contributed by atoms with E-state index in [4.69, 9.17) is 0 Å². The van der Waals surface area contributed by atoms with Gasteiger partial charge in [0.15, 0.2) is 0 Å². The van der Waals surface area contributed by atoms with Gasteiger partial charge in [-0.1, -0.05) is 27.2 Å². The van der Waals surface area contributed by atoms with Crippen LogP contribution in [0.2, 0.25) is 0 Å². The minimum absolute atomic E-state index is 0.583. The number of aryl methyl sites for hydroxylation is 1. The summed E-state index contributed by atoms with van der Waals surface area (Å²) in [7, 11) is 0. The highest BCUT2D eigenvalue weighted by Gasteiger charge is 1.99. The number of aromatic amines is 1. The minimum Gasteiger partial charge on any atom is -0.314 e. The number of aromatic nitrogens is 2. The maximum atomic E-state index is 4.27. The van der Waals surface area contributed by atoms with Gasteiger partial charge in [0, 0.05) is 18.3 Å². The van der Waals surface area contributed by atoms with E-state index in [1.54, 1.807) is 0 Å². The topological polar surface area (TPSA) is 52.7 Å². The van der Waals surface area contributed by atoms with Crippen molar-refractivity contribution in [3.05, 3.63) is 17.5 Å². The Balaban J connectivity index is 2.05. The number of nitrogens with zero attached hydrogens (tertiary/aromatic N) is 1. The van der Waals surface area contributed by atoms with Gasteiger partial charge in [-0.3, -0.25) is 5.10 Å². The van der Waals surface area contributed by atoms with Crippen molar-refractivity contribution in [2.45, 2.75) is 52.6 Å². The lowest BCUT2D eigenvalue weighted by molar-refractivity contribution is 0.546. The van der Waals surface area contributed by atoms with E-state index in [1.165, 1.54) is 11.4 Å². The molecule has 0 saturated heterocycles. The van der Waals surface area contributed by atoms with E-state index >= 15 is 0 Å². The van der Waals surface area contributed by atoms with Crippen LogP contribution in [0.5, 0.6) is 0 Å². The highest BCUT2D eigenvalue weighted by molar-refractivity contribution is 5.08. The number of rotatable bonds is 9. The summed E-state index contributed by atoms with van der Waals surface area (Å²) in [5, 5.41) is 14.2. The van der Waals surface area contributed by atoms with Crippen LogP contribution in [0.15, 0.2) is 6.07 Å². The molecule has 4 nitrogen and oxygen atoms in total. The molecule has 17 heavy (non-hydrogen) atoms. The predicted molar refractivity (Wildman–Crippen MR) is 72.0 cm³/mol. The molecule has 4 heteroatoms. The van der Waals surface area contributed by atoms with Crippen molar-refractivity contribution >= 4 is 0 Å². The third-order valence-corrected chi connectivity index (χ3v) is 2.59. The fraction of sp³-hybridized carbons (Fsp3) is 0.769. The molecule has 3 N–H and O–H groups in total. The summed E-state index contributed by atoms with van der Waals surface area (Å²) < 4.78 is 0. The molecule has 0 radical (unpaired) electrons. The first-order valence-corrected chi connectivity index (χ1v) is 6.69. The molecular formula is C13H26N4. The molecule has 1 rings (SSSR count). The minimum atomic E-state index is 0.583. The van der Waals surface area contributed by atoms with Crippen LogP contribution in [-0.2, 0) is 13.0 Å². The van der Waals surface area contributed by atoms with Crippen molar-refractivity contribution in [1.29, 1.82) is 0 Å². The Bertz CT molecular complexity index is 293. The highest BCUT2D eigenvalue weighted by Crippen LogP contribution is 2.01. The molecule has 0 aromatic carbocycles. The summed E-state index contributed by atoms with van der Waals surface area (Å²) in [6, 6.07) is 2.74. The van der Waals surface area contributed by atoms with E-state index in [2.05, 4.69) is 47.7 Å². The smallest absolute Gasteiger partial charge is 0.0625 e. The first-order valence-electron chi connectivity index (χ1n) is 6.69. The van der Waals surface area contributed by atoms with Crippen LogP contribution in [0.1, 0.15) is 45.0 Å². The Morgan fingerprint density at radius 1 is 1.35 bits per heavy atom. The number of hydrogen-bond donors (Lipinski definition) is 3. The normalized spacial score (nSPS) is 11.3. The van der Waals surface area contributed by atoms with Crippen molar-refractivity contribution in [3.8, 4) is 0 Å². The zero-order valence-electron chi connectivity index (χ0n) is 11.3. The molecule has 98 valence electrons. The van der Waals surface area contributed by atoms with E-state index in [1.807, 2.05) is 0 Å². The fourth-order valence-electron chi connectivity index (χ4n) is 1.71. The molecule has 0 unspecified atom stereocenters. The van der Waals surface area contributed by atoms with Gasteiger partial charge in [-0.15, -0.1) is 0 Å². The van der Waals surface area contributed by atoms with E-state index < -0.39 is 0 Å². The number of hydrogen-bond acceptors (Lipinski definition) is 3. The van der Waals surface area contributed by atoms with Crippen molar-refractivity contribution in [3.63, 3.8) is 0 Å². The lowest BCUT2D eigenvalue weighted by atomic mass is 10.2. The van der Waals surface area contributed by atoms with Crippen LogP contribution >= 0.6 is 0 Å². The second-order valence-electron chi connectivity index (χ2n) is 4.77. The molecule has 1 aromatic rings. The van der Waals surface area contributed by atoms with Gasteiger partial charge in [0.2, 0.25) is 0 Å². The Morgan fingerprint density at radius 2 is 2.18 bits per heavy atom. The quantitative estimate of drug-likeness (QED) is 0.575. The lowest BCUT2D eigenvalue weighted by Crippen LogP contribution is -2.26. The average molecular weight is 238 g/mol. The van der Waals surface area contributed by atoms with Crippen molar-refractivity contribution in [1.82, 2.24) is 20.8 Å². The number of H-pyrrole nitrogens is 1. The van der Waals surface area contributed by atoms with Gasteiger partial charge in [-0.05, 0) is 32.0 Å². The van der Waals surface area contributed by atoms with E-state index in [-0.39, 0.29) is 0 Å². The highest BCUT2D eigenvalue weighted by atomic mass is 15.1. The summed E-state index contributed by atoms with van der Waals surface area (Å²) in [4.78, 5) is 0. The molecule has 0 fully saturated rings. The van der Waals surface area contributed by atoms with Crippen molar-refractivity contribution in [2.24, 2.45) is 0 Å². The second-order valence-corrected chi connectivity index (χ2v) is 4.77. The molecule has 0 aliphatic rings. The van der Waals surface area contributed by atoms with E-state index in [9.17, 15) is 0 Å². The monoisotopic (exact) mass is 238 g/mol. The maximum absolute atomic E-state index is 4.27. The molecule has 0 amide bonds. The summed E-state index contributed by atoms with van der Waals surface area (Å²) in [6.45, 7) is 9.53. The van der Waals surface area contributed by atoms with Gasteiger partial charge in [0.1, 0.15) is 0 Å². The van der Waals surface area contributed by atoms with Crippen LogP contribution in [0.3, 0.4) is 0 Å². The molecule has 0 aliphatic carbocycles. The zero-order valence-corrected chi connectivity index (χ0v) is 11.3. The third kappa shape index (κ3) is 6.44. The standard InChI is InChI=1S/C13H26N4/c1-4-6-12-9-13(17-16-12)10-14-7-5-8-15-11(2)3/h9,11,14-15H,4-8,10H2,1-3H3,(H,16,17). The Morgan fingerprint density at radius 3 is 2.88 bits per heavy atom. The third-order valence-electron chi connectivity index (χ3n) is 2.59. The first-order chi connectivity index (χ1) is 8.22. The molecule has 0 aliphatic heterocycles. The average Bonchev–Trinajstić information content (AvgIpc) is 2.71. The largest absolute Gasteiger partial charge is 0.314 e. The molecule has 0 atom stereocenters. The molecule has 0 spiro atoms. The Kier molecular flexibility index (Phi) is 6.89. The van der Waals surface area contributed by atoms with Crippen molar-refractivity contribution in [2.75, 3.05) is 13.1 Å². The summed E-state index contributed by atoms with van der Waals surface area (Å²) >= 11 is 0. The second kappa shape index (κ2) is 8.25. The van der Waals surface area contributed by atoms with Crippen LogP contribution in [0.25, 0.3) is 0 Å². The molecular weight excluding hydrogens is 212 g/mol. The van der Waals surface area contributed by atoms with Crippen LogP contribution in [0, 0.1) is 0 Å². The lowest BCUT2D eigenvalue weighted by Gasteiger charge is -2.07. The van der Waals surface area contributed by atoms with Gasteiger partial charge in [-0.2, -0.15) is 5.10 Å². The van der Waals surface area contributed by atoms with Gasteiger partial charge in [0.05, 0.1) is 5.69 Å².